The van der Waals surface area contributed by atoms with Crippen LogP contribution in [-0.4, -0.2) is 37.1 Å². The number of hydrogen-bond acceptors (Lipinski definition) is 2. The Kier molecular flexibility index (Phi) is 3.94. The zero-order valence-corrected chi connectivity index (χ0v) is 11.9. The lowest BCUT2D eigenvalue weighted by Crippen LogP contribution is -2.44. The van der Waals surface area contributed by atoms with Crippen molar-refractivity contribution in [2.75, 3.05) is 31.1 Å². The van der Waals surface area contributed by atoms with Crippen LogP contribution in [-0.2, 0) is 0 Å². The van der Waals surface area contributed by atoms with Gasteiger partial charge in [-0.25, -0.2) is 4.39 Å². The number of benzene rings is 1. The summed E-state index contributed by atoms with van der Waals surface area (Å²) in [5.74, 6) is -0.243. The van der Waals surface area contributed by atoms with Crippen LogP contribution in [0.3, 0.4) is 0 Å². The minimum absolute atomic E-state index is 0.243. The topological polar surface area (TPSA) is 6.48 Å². The molecule has 1 aromatic carbocycles. The molecule has 2 aliphatic heterocycles. The molecule has 0 aliphatic carbocycles. The molecule has 0 spiro atoms. The second-order valence-electron chi connectivity index (χ2n) is 5.61. The SMILES string of the molecule is Fc1cc(Cl)cc(N2CCCN3CCCCC3C2)c1. The lowest BCUT2D eigenvalue weighted by Gasteiger charge is -2.35. The summed E-state index contributed by atoms with van der Waals surface area (Å²) in [6, 6.07) is 5.47. The van der Waals surface area contributed by atoms with Gasteiger partial charge >= 0.3 is 0 Å². The van der Waals surface area contributed by atoms with Crippen LogP contribution in [0.4, 0.5) is 10.1 Å². The summed E-state index contributed by atoms with van der Waals surface area (Å²) in [5.41, 5.74) is 0.928. The fraction of sp³-hybridized carbons (Fsp3) is 0.600. The van der Waals surface area contributed by atoms with Gasteiger partial charge in [-0.05, 0) is 44.0 Å². The van der Waals surface area contributed by atoms with E-state index in [2.05, 4.69) is 9.80 Å². The van der Waals surface area contributed by atoms with Gasteiger partial charge in [-0.3, -0.25) is 4.90 Å². The van der Waals surface area contributed by atoms with Gasteiger partial charge in [0.2, 0.25) is 0 Å². The molecule has 2 fully saturated rings. The predicted octanol–water partition coefficient (Wildman–Crippen LogP) is 3.54. The molecule has 0 aromatic heterocycles. The van der Waals surface area contributed by atoms with Crippen LogP contribution in [0.1, 0.15) is 25.7 Å². The molecule has 1 aromatic rings. The smallest absolute Gasteiger partial charge is 0.126 e. The molecule has 0 N–H and O–H groups in total. The number of nitrogens with zero attached hydrogens (tertiary/aromatic N) is 2. The van der Waals surface area contributed by atoms with E-state index in [0.29, 0.717) is 11.1 Å². The molecule has 3 rings (SSSR count). The van der Waals surface area contributed by atoms with Gasteiger partial charge in [-0.15, -0.1) is 0 Å². The van der Waals surface area contributed by atoms with Crippen molar-refractivity contribution in [2.24, 2.45) is 0 Å². The Hall–Kier alpha value is -0.800. The van der Waals surface area contributed by atoms with Gasteiger partial charge in [0, 0.05) is 36.4 Å². The monoisotopic (exact) mass is 282 g/mol. The zero-order chi connectivity index (χ0) is 13.2. The van der Waals surface area contributed by atoms with Crippen LogP contribution < -0.4 is 4.90 Å². The van der Waals surface area contributed by atoms with Crippen molar-refractivity contribution in [3.05, 3.63) is 29.0 Å². The molecule has 0 bridgehead atoms. The first-order valence-corrected chi connectivity index (χ1v) is 7.55. The Morgan fingerprint density at radius 1 is 1.05 bits per heavy atom. The predicted molar refractivity (Wildman–Crippen MR) is 77.5 cm³/mol. The summed E-state index contributed by atoms with van der Waals surface area (Å²) in [5, 5.41) is 0.486. The molecule has 2 nitrogen and oxygen atoms in total. The summed E-state index contributed by atoms with van der Waals surface area (Å²) in [4.78, 5) is 4.90. The Balaban J connectivity index is 1.80. The van der Waals surface area contributed by atoms with Crippen LogP contribution in [0.15, 0.2) is 18.2 Å². The average Bonchev–Trinajstić information content (AvgIpc) is 2.59. The van der Waals surface area contributed by atoms with Crippen molar-refractivity contribution in [3.8, 4) is 0 Å². The van der Waals surface area contributed by atoms with E-state index in [9.17, 15) is 4.39 Å². The maximum absolute atomic E-state index is 13.5. The summed E-state index contributed by atoms with van der Waals surface area (Å²) in [7, 11) is 0. The zero-order valence-electron chi connectivity index (χ0n) is 11.1. The average molecular weight is 283 g/mol. The first-order chi connectivity index (χ1) is 9.22. The van der Waals surface area contributed by atoms with Gasteiger partial charge in [0.25, 0.3) is 0 Å². The minimum atomic E-state index is -0.243. The number of piperidine rings is 1. The molecule has 1 atom stereocenters. The second kappa shape index (κ2) is 5.68. The van der Waals surface area contributed by atoms with Crippen molar-refractivity contribution < 1.29 is 4.39 Å². The number of rotatable bonds is 1. The van der Waals surface area contributed by atoms with Crippen molar-refractivity contribution in [1.82, 2.24) is 4.90 Å². The van der Waals surface area contributed by atoms with Crippen LogP contribution in [0.2, 0.25) is 5.02 Å². The van der Waals surface area contributed by atoms with Gasteiger partial charge in [0.15, 0.2) is 0 Å². The molecule has 1 unspecified atom stereocenters. The molecule has 2 saturated heterocycles. The molecule has 0 saturated carbocycles. The van der Waals surface area contributed by atoms with Gasteiger partial charge in [-0.1, -0.05) is 18.0 Å². The quantitative estimate of drug-likeness (QED) is 0.777. The van der Waals surface area contributed by atoms with Crippen molar-refractivity contribution >= 4 is 17.3 Å². The van der Waals surface area contributed by atoms with Crippen LogP contribution in [0.25, 0.3) is 0 Å². The highest BCUT2D eigenvalue weighted by Crippen LogP contribution is 2.27. The number of fused-ring (bicyclic) bond motifs is 1. The van der Waals surface area contributed by atoms with E-state index in [1.807, 2.05) is 6.07 Å². The van der Waals surface area contributed by atoms with E-state index < -0.39 is 0 Å². The maximum atomic E-state index is 13.5. The first kappa shape index (κ1) is 13.2. The van der Waals surface area contributed by atoms with Crippen molar-refractivity contribution in [1.29, 1.82) is 0 Å². The van der Waals surface area contributed by atoms with E-state index in [1.54, 1.807) is 6.07 Å². The van der Waals surface area contributed by atoms with E-state index in [4.69, 9.17) is 11.6 Å². The van der Waals surface area contributed by atoms with E-state index in [1.165, 1.54) is 38.4 Å². The number of anilines is 1. The fourth-order valence-electron chi connectivity index (χ4n) is 3.33. The summed E-state index contributed by atoms with van der Waals surface area (Å²) in [6.45, 7) is 4.39. The van der Waals surface area contributed by atoms with E-state index in [-0.39, 0.29) is 5.82 Å². The van der Waals surface area contributed by atoms with Crippen molar-refractivity contribution in [2.45, 2.75) is 31.7 Å². The van der Waals surface area contributed by atoms with Crippen molar-refractivity contribution in [3.63, 3.8) is 0 Å². The molecule has 0 amide bonds. The third-order valence-corrected chi connectivity index (χ3v) is 4.48. The van der Waals surface area contributed by atoms with Crippen LogP contribution in [0.5, 0.6) is 0 Å². The van der Waals surface area contributed by atoms with Gasteiger partial charge in [0.1, 0.15) is 5.82 Å². The van der Waals surface area contributed by atoms with E-state index in [0.717, 1.165) is 25.2 Å². The summed E-state index contributed by atoms with van der Waals surface area (Å²) >= 11 is 5.97. The number of halogens is 2. The lowest BCUT2D eigenvalue weighted by molar-refractivity contribution is 0.162. The molecule has 4 heteroatoms. The van der Waals surface area contributed by atoms with Crippen LogP contribution in [0, 0.1) is 5.82 Å². The summed E-state index contributed by atoms with van der Waals surface area (Å²) < 4.78 is 13.5. The highest BCUT2D eigenvalue weighted by Gasteiger charge is 2.27. The molecule has 0 radical (unpaired) electrons. The molecule has 104 valence electrons. The summed E-state index contributed by atoms with van der Waals surface area (Å²) in [6.07, 6.45) is 5.05. The standard InChI is InChI=1S/C15H20ClFN2/c16-12-8-13(17)10-15(9-12)19-7-3-6-18-5-2-1-4-14(18)11-19/h8-10,14H,1-7,11H2. The molecular formula is C15H20ClFN2. The molecule has 2 heterocycles. The van der Waals surface area contributed by atoms with Crippen LogP contribution >= 0.6 is 11.6 Å². The molecule has 19 heavy (non-hydrogen) atoms. The third kappa shape index (κ3) is 3.03. The number of hydrogen-bond donors (Lipinski definition) is 0. The minimum Gasteiger partial charge on any atom is -0.370 e. The Morgan fingerprint density at radius 2 is 1.89 bits per heavy atom. The third-order valence-electron chi connectivity index (χ3n) is 4.27. The van der Waals surface area contributed by atoms with Gasteiger partial charge in [0.05, 0.1) is 0 Å². The fourth-order valence-corrected chi connectivity index (χ4v) is 3.54. The lowest BCUT2D eigenvalue weighted by atomic mass is 10.0. The highest BCUT2D eigenvalue weighted by molar-refractivity contribution is 6.30. The maximum Gasteiger partial charge on any atom is 0.126 e. The second-order valence-corrected chi connectivity index (χ2v) is 6.05. The molecule has 2 aliphatic rings. The Bertz CT molecular complexity index is 432. The van der Waals surface area contributed by atoms with Gasteiger partial charge < -0.3 is 4.90 Å². The Labute approximate surface area is 119 Å². The normalized spacial score (nSPS) is 24.9. The Morgan fingerprint density at radius 3 is 2.74 bits per heavy atom. The first-order valence-electron chi connectivity index (χ1n) is 7.17. The highest BCUT2D eigenvalue weighted by atomic mass is 35.5. The van der Waals surface area contributed by atoms with E-state index >= 15 is 0 Å². The largest absolute Gasteiger partial charge is 0.370 e. The van der Waals surface area contributed by atoms with Gasteiger partial charge in [-0.2, -0.15) is 0 Å². The molecular weight excluding hydrogens is 263 g/mol.